The molecule has 0 radical (unpaired) electrons. The third-order valence-electron chi connectivity index (χ3n) is 1.63. The highest BCUT2D eigenvalue weighted by Crippen LogP contribution is 2.15. The lowest BCUT2D eigenvalue weighted by molar-refractivity contribution is -0.119. The number of ether oxygens (including phenoxy) is 1. The van der Waals surface area contributed by atoms with E-state index in [2.05, 4.69) is 11.6 Å². The minimum atomic E-state index is -0.808. The molecule has 3 heteroatoms. The molecule has 1 rings (SSSR count). The summed E-state index contributed by atoms with van der Waals surface area (Å²) < 4.78 is 5.39. The predicted molar refractivity (Wildman–Crippen MR) is 55.1 cm³/mol. The second-order valence-corrected chi connectivity index (χ2v) is 3.45. The molecule has 0 fully saturated rings. The van der Waals surface area contributed by atoms with Gasteiger partial charge in [-0.3, -0.25) is 9.78 Å². The lowest BCUT2D eigenvalue weighted by Gasteiger charge is -2.19. The molecule has 0 aliphatic rings. The van der Waals surface area contributed by atoms with Gasteiger partial charge in [0, 0.05) is 0 Å². The normalized spacial score (nSPS) is 10.7. The summed E-state index contributed by atoms with van der Waals surface area (Å²) >= 11 is 0. The van der Waals surface area contributed by atoms with Crippen molar-refractivity contribution in [1.82, 2.24) is 4.98 Å². The van der Waals surface area contributed by atoms with Crippen molar-refractivity contribution in [3.8, 4) is 5.75 Å². The number of carbonyl (C=O) groups excluding carboxylic acids is 1. The van der Waals surface area contributed by atoms with Gasteiger partial charge in [0.05, 0.1) is 11.9 Å². The van der Waals surface area contributed by atoms with Gasteiger partial charge in [-0.15, -0.1) is 0 Å². The number of pyridine rings is 1. The van der Waals surface area contributed by atoms with Gasteiger partial charge in [-0.2, -0.15) is 0 Å². The first-order valence-electron chi connectivity index (χ1n) is 4.31. The van der Waals surface area contributed by atoms with E-state index in [9.17, 15) is 4.79 Å². The first-order chi connectivity index (χ1) is 6.57. The summed E-state index contributed by atoms with van der Waals surface area (Å²) in [6, 6.07) is 3.54. The molecule has 1 aromatic rings. The van der Waals surface area contributed by atoms with Crippen molar-refractivity contribution in [2.45, 2.75) is 19.4 Å². The Hall–Kier alpha value is -1.64. The topological polar surface area (TPSA) is 39.2 Å². The summed E-state index contributed by atoms with van der Waals surface area (Å²) in [5.74, 6) is 0.577. The molecular formula is C11H13NO2. The third-order valence-corrected chi connectivity index (χ3v) is 1.63. The molecule has 0 aliphatic heterocycles. The second-order valence-electron chi connectivity index (χ2n) is 3.45. The van der Waals surface area contributed by atoms with E-state index >= 15 is 0 Å². The molecule has 14 heavy (non-hydrogen) atoms. The molecule has 0 bridgehead atoms. The molecule has 1 aromatic heterocycles. The number of rotatable bonds is 4. The van der Waals surface area contributed by atoms with Crippen LogP contribution in [0, 0.1) is 0 Å². The molecular weight excluding hydrogens is 178 g/mol. The molecule has 74 valence electrons. The van der Waals surface area contributed by atoms with Crippen molar-refractivity contribution >= 4 is 12.4 Å². The average molecular weight is 191 g/mol. The van der Waals surface area contributed by atoms with E-state index in [0.29, 0.717) is 5.75 Å². The van der Waals surface area contributed by atoms with Gasteiger partial charge in [0.15, 0.2) is 11.9 Å². The van der Waals surface area contributed by atoms with Crippen LogP contribution in [0.4, 0.5) is 0 Å². The SMILES string of the molecule is C=Cc1ccc(OC(C)(C)C=O)cn1. The molecule has 0 spiro atoms. The molecule has 0 aliphatic carbocycles. The quantitative estimate of drug-likeness (QED) is 0.684. The van der Waals surface area contributed by atoms with Gasteiger partial charge >= 0.3 is 0 Å². The van der Waals surface area contributed by atoms with Gasteiger partial charge in [-0.05, 0) is 32.1 Å². The summed E-state index contributed by atoms with van der Waals surface area (Å²) in [6.45, 7) is 6.98. The van der Waals surface area contributed by atoms with E-state index in [1.807, 2.05) is 0 Å². The van der Waals surface area contributed by atoms with Crippen LogP contribution in [0.1, 0.15) is 19.5 Å². The van der Waals surface area contributed by atoms with Crippen LogP contribution < -0.4 is 4.74 Å². The third kappa shape index (κ3) is 2.69. The highest BCUT2D eigenvalue weighted by molar-refractivity contribution is 5.61. The Morgan fingerprint density at radius 3 is 2.64 bits per heavy atom. The molecule has 1 heterocycles. The Morgan fingerprint density at radius 2 is 2.21 bits per heavy atom. The number of aldehydes is 1. The van der Waals surface area contributed by atoms with Crippen LogP contribution in [0.15, 0.2) is 24.9 Å². The van der Waals surface area contributed by atoms with E-state index in [0.717, 1.165) is 12.0 Å². The van der Waals surface area contributed by atoms with Crippen LogP contribution in [0.3, 0.4) is 0 Å². The lowest BCUT2D eigenvalue weighted by Crippen LogP contribution is -2.29. The summed E-state index contributed by atoms with van der Waals surface area (Å²) in [7, 11) is 0. The maximum Gasteiger partial charge on any atom is 0.162 e. The molecule has 0 amide bonds. The Labute approximate surface area is 83.4 Å². The van der Waals surface area contributed by atoms with Crippen LogP contribution in [0.2, 0.25) is 0 Å². The van der Waals surface area contributed by atoms with Crippen molar-refractivity contribution < 1.29 is 9.53 Å². The number of hydrogen-bond donors (Lipinski definition) is 0. The average Bonchev–Trinajstić information content (AvgIpc) is 2.19. The van der Waals surface area contributed by atoms with Crippen LogP contribution >= 0.6 is 0 Å². The fourth-order valence-electron chi connectivity index (χ4n) is 0.901. The van der Waals surface area contributed by atoms with E-state index in [4.69, 9.17) is 4.74 Å². The van der Waals surface area contributed by atoms with E-state index < -0.39 is 5.60 Å². The van der Waals surface area contributed by atoms with E-state index in [-0.39, 0.29) is 0 Å². The van der Waals surface area contributed by atoms with Gasteiger partial charge in [0.2, 0.25) is 0 Å². The fourth-order valence-corrected chi connectivity index (χ4v) is 0.901. The van der Waals surface area contributed by atoms with Gasteiger partial charge in [-0.1, -0.05) is 6.58 Å². The molecule has 0 atom stereocenters. The fraction of sp³-hybridized carbons (Fsp3) is 0.273. The minimum absolute atomic E-state index is 0.577. The van der Waals surface area contributed by atoms with Crippen molar-refractivity contribution in [2.24, 2.45) is 0 Å². The summed E-state index contributed by atoms with van der Waals surface area (Å²) in [4.78, 5) is 14.6. The van der Waals surface area contributed by atoms with Crippen LogP contribution in [-0.4, -0.2) is 16.9 Å². The zero-order chi connectivity index (χ0) is 10.6. The lowest BCUT2D eigenvalue weighted by atomic mass is 10.2. The van der Waals surface area contributed by atoms with Crippen LogP contribution in [0.25, 0.3) is 6.08 Å². The van der Waals surface area contributed by atoms with E-state index in [1.54, 1.807) is 38.3 Å². The number of carbonyl (C=O) groups is 1. The molecule has 3 nitrogen and oxygen atoms in total. The zero-order valence-corrected chi connectivity index (χ0v) is 8.36. The van der Waals surface area contributed by atoms with Gasteiger partial charge in [0.1, 0.15) is 5.75 Å². The first-order valence-corrected chi connectivity index (χ1v) is 4.31. The van der Waals surface area contributed by atoms with Gasteiger partial charge in [0.25, 0.3) is 0 Å². The smallest absolute Gasteiger partial charge is 0.162 e. The molecule has 0 saturated heterocycles. The summed E-state index contributed by atoms with van der Waals surface area (Å²) in [5, 5.41) is 0. The highest BCUT2D eigenvalue weighted by atomic mass is 16.5. The standard InChI is InChI=1S/C11H13NO2/c1-4-9-5-6-10(7-12-9)14-11(2,3)8-13/h4-8H,1H2,2-3H3. The highest BCUT2D eigenvalue weighted by Gasteiger charge is 2.17. The van der Waals surface area contributed by atoms with Gasteiger partial charge < -0.3 is 4.74 Å². The van der Waals surface area contributed by atoms with Crippen molar-refractivity contribution in [1.29, 1.82) is 0 Å². The Balaban J connectivity index is 2.78. The molecule has 0 N–H and O–H groups in total. The van der Waals surface area contributed by atoms with Crippen molar-refractivity contribution in [3.05, 3.63) is 30.6 Å². The molecule has 0 unspecified atom stereocenters. The molecule has 0 saturated carbocycles. The number of hydrogen-bond acceptors (Lipinski definition) is 3. The monoisotopic (exact) mass is 191 g/mol. The Morgan fingerprint density at radius 1 is 1.50 bits per heavy atom. The van der Waals surface area contributed by atoms with Crippen molar-refractivity contribution in [3.63, 3.8) is 0 Å². The minimum Gasteiger partial charge on any atom is -0.479 e. The number of nitrogens with zero attached hydrogens (tertiary/aromatic N) is 1. The maximum absolute atomic E-state index is 10.6. The van der Waals surface area contributed by atoms with E-state index in [1.165, 1.54) is 0 Å². The predicted octanol–water partition coefficient (Wildman–Crippen LogP) is 2.08. The maximum atomic E-state index is 10.6. The summed E-state index contributed by atoms with van der Waals surface area (Å²) in [5.41, 5.74) is -0.0292. The largest absolute Gasteiger partial charge is 0.479 e. The Kier molecular flexibility index (Phi) is 3.02. The zero-order valence-electron chi connectivity index (χ0n) is 8.36. The van der Waals surface area contributed by atoms with Crippen LogP contribution in [0.5, 0.6) is 5.75 Å². The second kappa shape index (κ2) is 4.05. The number of aromatic nitrogens is 1. The van der Waals surface area contributed by atoms with Crippen LogP contribution in [-0.2, 0) is 4.79 Å². The summed E-state index contributed by atoms with van der Waals surface area (Å²) in [6.07, 6.45) is 3.98. The first kappa shape index (κ1) is 10.4. The van der Waals surface area contributed by atoms with Crippen molar-refractivity contribution in [2.75, 3.05) is 0 Å². The van der Waals surface area contributed by atoms with Gasteiger partial charge in [-0.25, -0.2) is 0 Å². The molecule has 0 aromatic carbocycles. The Bertz CT molecular complexity index is 328.